The van der Waals surface area contributed by atoms with Crippen molar-refractivity contribution in [3.05, 3.63) is 35.1 Å². The molecule has 0 spiro atoms. The molecular weight excluding hydrogens is 185 g/mol. The minimum atomic E-state index is -0.440. The molecule has 1 rings (SSSR count). The highest BCUT2D eigenvalue weighted by Crippen LogP contribution is 2.09. The van der Waals surface area contributed by atoms with Crippen LogP contribution in [0.1, 0.15) is 15.9 Å². The first-order valence-corrected chi connectivity index (χ1v) is 4.30. The van der Waals surface area contributed by atoms with Gasteiger partial charge >= 0.3 is 0 Å². The van der Waals surface area contributed by atoms with Crippen LogP contribution in [0.3, 0.4) is 0 Å². The van der Waals surface area contributed by atoms with Crippen LogP contribution in [0.4, 0.5) is 4.39 Å². The molecule has 0 unspecified atom stereocenters. The molecule has 14 heavy (non-hydrogen) atoms. The summed E-state index contributed by atoms with van der Waals surface area (Å²) in [6.07, 6.45) is 0. The van der Waals surface area contributed by atoms with E-state index in [4.69, 9.17) is 5.11 Å². The van der Waals surface area contributed by atoms with Crippen LogP contribution in [0.5, 0.6) is 0 Å². The average molecular weight is 197 g/mol. The third kappa shape index (κ3) is 2.53. The van der Waals surface area contributed by atoms with E-state index in [1.165, 1.54) is 12.1 Å². The summed E-state index contributed by atoms with van der Waals surface area (Å²) >= 11 is 0. The Labute approximate surface area is 81.6 Å². The molecule has 0 atom stereocenters. The molecule has 1 amide bonds. The van der Waals surface area contributed by atoms with Crippen LogP contribution in [0.25, 0.3) is 0 Å². The minimum Gasteiger partial charge on any atom is -0.395 e. The Morgan fingerprint density at radius 2 is 2.29 bits per heavy atom. The normalized spacial score (nSPS) is 9.93. The van der Waals surface area contributed by atoms with Gasteiger partial charge in [0.15, 0.2) is 0 Å². The number of rotatable bonds is 3. The van der Waals surface area contributed by atoms with Gasteiger partial charge < -0.3 is 10.4 Å². The summed E-state index contributed by atoms with van der Waals surface area (Å²) in [7, 11) is 0. The van der Waals surface area contributed by atoms with Crippen molar-refractivity contribution in [3.8, 4) is 0 Å². The van der Waals surface area contributed by atoms with Gasteiger partial charge in [0.05, 0.1) is 6.61 Å². The second-order valence-electron chi connectivity index (χ2n) is 2.94. The summed E-state index contributed by atoms with van der Waals surface area (Å²) in [6, 6.07) is 4.03. The highest BCUT2D eigenvalue weighted by atomic mass is 19.1. The SMILES string of the molecule is Cc1ccc(F)cc1C(=O)NCCO. The lowest BCUT2D eigenvalue weighted by molar-refractivity contribution is 0.0943. The van der Waals surface area contributed by atoms with Crippen LogP contribution in [0, 0.1) is 12.7 Å². The smallest absolute Gasteiger partial charge is 0.251 e. The summed E-state index contributed by atoms with van der Waals surface area (Å²) in [5.41, 5.74) is 1.01. The molecule has 76 valence electrons. The Morgan fingerprint density at radius 3 is 2.93 bits per heavy atom. The van der Waals surface area contributed by atoms with Crippen LogP contribution in [0.15, 0.2) is 18.2 Å². The van der Waals surface area contributed by atoms with Crippen LogP contribution in [-0.2, 0) is 0 Å². The van der Waals surface area contributed by atoms with E-state index in [1.54, 1.807) is 13.0 Å². The molecule has 0 fully saturated rings. The van der Waals surface area contributed by atoms with E-state index < -0.39 is 5.82 Å². The Balaban J connectivity index is 2.83. The maximum Gasteiger partial charge on any atom is 0.251 e. The van der Waals surface area contributed by atoms with Gasteiger partial charge in [-0.25, -0.2) is 4.39 Å². The predicted molar refractivity (Wildman–Crippen MR) is 50.6 cm³/mol. The Morgan fingerprint density at radius 1 is 1.57 bits per heavy atom. The second-order valence-corrected chi connectivity index (χ2v) is 2.94. The van der Waals surface area contributed by atoms with E-state index in [0.29, 0.717) is 11.1 Å². The maximum atomic E-state index is 12.8. The number of benzene rings is 1. The lowest BCUT2D eigenvalue weighted by atomic mass is 10.1. The van der Waals surface area contributed by atoms with Gasteiger partial charge in [0.25, 0.3) is 5.91 Å². The molecule has 3 nitrogen and oxygen atoms in total. The Hall–Kier alpha value is -1.42. The van der Waals surface area contributed by atoms with Crippen LogP contribution in [-0.4, -0.2) is 24.2 Å². The van der Waals surface area contributed by atoms with Gasteiger partial charge in [-0.15, -0.1) is 0 Å². The number of hydrogen-bond donors (Lipinski definition) is 2. The molecule has 0 bridgehead atoms. The lowest BCUT2D eigenvalue weighted by Gasteiger charge is -2.06. The molecule has 2 N–H and O–H groups in total. The quantitative estimate of drug-likeness (QED) is 0.755. The fourth-order valence-corrected chi connectivity index (χ4v) is 1.10. The minimum absolute atomic E-state index is 0.125. The van der Waals surface area contributed by atoms with E-state index in [0.717, 1.165) is 0 Å². The molecule has 1 aromatic carbocycles. The molecule has 4 heteroatoms. The molecule has 0 aromatic heterocycles. The van der Waals surface area contributed by atoms with Crippen LogP contribution in [0.2, 0.25) is 0 Å². The van der Waals surface area contributed by atoms with E-state index in [1.807, 2.05) is 0 Å². The molecule has 0 aliphatic carbocycles. The van der Waals surface area contributed by atoms with Gasteiger partial charge in [-0.1, -0.05) is 6.07 Å². The number of halogens is 1. The van der Waals surface area contributed by atoms with E-state index >= 15 is 0 Å². The third-order valence-electron chi connectivity index (χ3n) is 1.84. The van der Waals surface area contributed by atoms with Gasteiger partial charge in [-0.05, 0) is 24.6 Å². The summed E-state index contributed by atoms with van der Waals surface area (Å²) in [5.74, 6) is -0.805. The third-order valence-corrected chi connectivity index (χ3v) is 1.84. The van der Waals surface area contributed by atoms with E-state index in [2.05, 4.69) is 5.32 Å². The van der Waals surface area contributed by atoms with Crippen molar-refractivity contribution in [2.45, 2.75) is 6.92 Å². The number of amides is 1. The van der Waals surface area contributed by atoms with E-state index in [9.17, 15) is 9.18 Å². The molecule has 0 heterocycles. The first-order valence-electron chi connectivity index (χ1n) is 4.30. The second kappa shape index (κ2) is 4.72. The topological polar surface area (TPSA) is 49.3 Å². The largest absolute Gasteiger partial charge is 0.395 e. The number of carbonyl (C=O) groups excluding carboxylic acids is 1. The number of aryl methyl sites for hydroxylation is 1. The zero-order chi connectivity index (χ0) is 10.6. The number of carbonyl (C=O) groups is 1. The summed E-state index contributed by atoms with van der Waals surface area (Å²) < 4.78 is 12.8. The zero-order valence-corrected chi connectivity index (χ0v) is 7.88. The monoisotopic (exact) mass is 197 g/mol. The number of aliphatic hydroxyl groups is 1. The van der Waals surface area contributed by atoms with Gasteiger partial charge in [0, 0.05) is 12.1 Å². The van der Waals surface area contributed by atoms with Crippen molar-refractivity contribution in [1.29, 1.82) is 0 Å². The van der Waals surface area contributed by atoms with Crippen LogP contribution < -0.4 is 5.32 Å². The number of nitrogens with one attached hydrogen (secondary N) is 1. The standard InChI is InChI=1S/C10H12FNO2/c1-7-2-3-8(11)6-9(7)10(14)12-4-5-13/h2-3,6,13H,4-5H2,1H3,(H,12,14). The van der Waals surface area contributed by atoms with Crippen LogP contribution >= 0.6 is 0 Å². The summed E-state index contributed by atoms with van der Waals surface area (Å²) in [4.78, 5) is 11.4. The highest BCUT2D eigenvalue weighted by Gasteiger charge is 2.08. The van der Waals surface area contributed by atoms with Gasteiger partial charge in [-0.2, -0.15) is 0 Å². The van der Waals surface area contributed by atoms with Crippen molar-refractivity contribution >= 4 is 5.91 Å². The number of aliphatic hydroxyl groups excluding tert-OH is 1. The average Bonchev–Trinajstić information content (AvgIpc) is 2.18. The van der Waals surface area contributed by atoms with Crippen molar-refractivity contribution in [3.63, 3.8) is 0 Å². The fourth-order valence-electron chi connectivity index (χ4n) is 1.10. The molecular formula is C10H12FNO2. The van der Waals surface area contributed by atoms with Crippen molar-refractivity contribution in [1.82, 2.24) is 5.32 Å². The first kappa shape index (κ1) is 10.7. The van der Waals surface area contributed by atoms with Gasteiger partial charge in [0.2, 0.25) is 0 Å². The highest BCUT2D eigenvalue weighted by molar-refractivity contribution is 5.95. The maximum absolute atomic E-state index is 12.8. The van der Waals surface area contributed by atoms with Crippen molar-refractivity contribution in [2.75, 3.05) is 13.2 Å². The summed E-state index contributed by atoms with van der Waals surface area (Å²) in [5, 5.41) is 11.0. The van der Waals surface area contributed by atoms with Crippen molar-refractivity contribution < 1.29 is 14.3 Å². The van der Waals surface area contributed by atoms with E-state index in [-0.39, 0.29) is 19.1 Å². The Bertz CT molecular complexity index is 339. The molecule has 0 aliphatic heterocycles. The molecule has 0 saturated heterocycles. The zero-order valence-electron chi connectivity index (χ0n) is 7.88. The molecule has 0 radical (unpaired) electrons. The summed E-state index contributed by atoms with van der Waals surface area (Å²) in [6.45, 7) is 1.78. The van der Waals surface area contributed by atoms with Gasteiger partial charge in [0.1, 0.15) is 5.82 Å². The molecule has 1 aromatic rings. The molecule has 0 saturated carbocycles. The predicted octanol–water partition coefficient (Wildman–Crippen LogP) is 0.856. The van der Waals surface area contributed by atoms with Gasteiger partial charge in [-0.3, -0.25) is 4.79 Å². The van der Waals surface area contributed by atoms with Crippen molar-refractivity contribution in [2.24, 2.45) is 0 Å². The molecule has 0 aliphatic rings. The Kier molecular flexibility index (Phi) is 3.59. The first-order chi connectivity index (χ1) is 6.65. The lowest BCUT2D eigenvalue weighted by Crippen LogP contribution is -2.27. The number of hydrogen-bond acceptors (Lipinski definition) is 2. The fraction of sp³-hybridized carbons (Fsp3) is 0.300.